The molecular weight excluding hydrogens is 290 g/mol. The Hall–Kier alpha value is -0.920. The van der Waals surface area contributed by atoms with Crippen LogP contribution in [0.4, 0.5) is 0 Å². The molecule has 0 radical (unpaired) electrons. The molecule has 1 heterocycles. The molecule has 1 aromatic heterocycles. The average molecular weight is 315 g/mol. The summed E-state index contributed by atoms with van der Waals surface area (Å²) < 4.78 is 28.7. The van der Waals surface area contributed by atoms with Crippen molar-refractivity contribution in [2.24, 2.45) is 11.8 Å². The Bertz CT molecular complexity index is 533. The molecule has 0 spiro atoms. The van der Waals surface area contributed by atoms with Crippen molar-refractivity contribution < 1.29 is 13.5 Å². The minimum absolute atomic E-state index is 0.0697. The SMILES string of the molecule is CC1CCC(CNS(=O)(=O)c2cnn(CCCO)c2)CC1. The maximum atomic E-state index is 12.2. The summed E-state index contributed by atoms with van der Waals surface area (Å²) >= 11 is 0. The van der Waals surface area contributed by atoms with Gasteiger partial charge in [0.25, 0.3) is 0 Å². The van der Waals surface area contributed by atoms with Crippen molar-refractivity contribution in [3.63, 3.8) is 0 Å². The molecule has 1 saturated carbocycles. The number of hydrogen-bond donors (Lipinski definition) is 2. The van der Waals surface area contributed by atoms with Crippen LogP contribution in [0.5, 0.6) is 0 Å². The number of aromatic nitrogens is 2. The summed E-state index contributed by atoms with van der Waals surface area (Å²) in [5.74, 6) is 1.21. The summed E-state index contributed by atoms with van der Waals surface area (Å²) in [6.07, 6.45) is 8.01. The van der Waals surface area contributed by atoms with Crippen molar-refractivity contribution in [2.75, 3.05) is 13.2 Å². The first-order valence-corrected chi connectivity index (χ1v) is 9.12. The van der Waals surface area contributed by atoms with Crippen molar-refractivity contribution in [1.82, 2.24) is 14.5 Å². The largest absolute Gasteiger partial charge is 0.396 e. The Balaban J connectivity index is 1.87. The van der Waals surface area contributed by atoms with Gasteiger partial charge < -0.3 is 5.11 Å². The third-order valence-corrected chi connectivity index (χ3v) is 5.54. The average Bonchev–Trinajstić information content (AvgIpc) is 2.94. The van der Waals surface area contributed by atoms with Crippen LogP contribution in [0.2, 0.25) is 0 Å². The van der Waals surface area contributed by atoms with E-state index in [1.165, 1.54) is 25.2 Å². The first kappa shape index (κ1) is 16.5. The van der Waals surface area contributed by atoms with Crippen LogP contribution in [0.1, 0.15) is 39.0 Å². The van der Waals surface area contributed by atoms with E-state index in [0.29, 0.717) is 25.4 Å². The van der Waals surface area contributed by atoms with Gasteiger partial charge in [0.1, 0.15) is 4.90 Å². The van der Waals surface area contributed by atoms with E-state index in [9.17, 15) is 8.42 Å². The fourth-order valence-electron chi connectivity index (χ4n) is 2.68. The van der Waals surface area contributed by atoms with E-state index < -0.39 is 10.0 Å². The van der Waals surface area contributed by atoms with E-state index in [1.54, 1.807) is 4.68 Å². The number of aliphatic hydroxyl groups is 1. The normalized spacial score (nSPS) is 23.3. The van der Waals surface area contributed by atoms with Gasteiger partial charge in [0, 0.05) is 25.9 Å². The van der Waals surface area contributed by atoms with Gasteiger partial charge in [-0.15, -0.1) is 0 Å². The molecule has 2 rings (SSSR count). The van der Waals surface area contributed by atoms with Crippen LogP contribution >= 0.6 is 0 Å². The highest BCUT2D eigenvalue weighted by atomic mass is 32.2. The van der Waals surface area contributed by atoms with Crippen LogP contribution in [0.3, 0.4) is 0 Å². The van der Waals surface area contributed by atoms with Crippen LogP contribution in [-0.4, -0.2) is 36.5 Å². The van der Waals surface area contributed by atoms with Crippen LogP contribution < -0.4 is 4.72 Å². The van der Waals surface area contributed by atoms with Crippen molar-refractivity contribution in [3.8, 4) is 0 Å². The molecule has 21 heavy (non-hydrogen) atoms. The maximum absolute atomic E-state index is 12.2. The summed E-state index contributed by atoms with van der Waals surface area (Å²) in [4.78, 5) is 0.199. The predicted octanol–water partition coefficient (Wildman–Crippen LogP) is 1.37. The smallest absolute Gasteiger partial charge is 0.243 e. The van der Waals surface area contributed by atoms with Crippen molar-refractivity contribution in [2.45, 2.75) is 50.5 Å². The number of nitrogens with zero attached hydrogens (tertiary/aromatic N) is 2. The molecule has 120 valence electrons. The van der Waals surface area contributed by atoms with Crippen LogP contribution in [0, 0.1) is 11.8 Å². The molecule has 1 aromatic rings. The zero-order valence-corrected chi connectivity index (χ0v) is 13.3. The van der Waals surface area contributed by atoms with E-state index in [2.05, 4.69) is 16.7 Å². The van der Waals surface area contributed by atoms with Gasteiger partial charge in [0.2, 0.25) is 10.0 Å². The quantitative estimate of drug-likeness (QED) is 0.796. The molecule has 0 atom stereocenters. The molecular formula is C14H25N3O3S. The summed E-state index contributed by atoms with van der Waals surface area (Å²) in [7, 11) is -3.47. The minimum Gasteiger partial charge on any atom is -0.396 e. The Morgan fingerprint density at radius 3 is 2.76 bits per heavy atom. The topological polar surface area (TPSA) is 84.2 Å². The second kappa shape index (κ2) is 7.38. The molecule has 1 aliphatic rings. The Labute approximate surface area is 126 Å². The third kappa shape index (κ3) is 4.79. The lowest BCUT2D eigenvalue weighted by molar-refractivity contribution is 0.277. The third-order valence-electron chi connectivity index (χ3n) is 4.16. The number of aryl methyl sites for hydroxylation is 1. The Kier molecular flexibility index (Phi) is 5.78. The second-order valence-corrected chi connectivity index (χ2v) is 7.76. The molecule has 0 bridgehead atoms. The van der Waals surface area contributed by atoms with Gasteiger partial charge in [-0.1, -0.05) is 19.8 Å². The van der Waals surface area contributed by atoms with Crippen molar-refractivity contribution >= 4 is 10.0 Å². The fraction of sp³-hybridized carbons (Fsp3) is 0.786. The Morgan fingerprint density at radius 2 is 2.10 bits per heavy atom. The zero-order valence-electron chi connectivity index (χ0n) is 12.5. The monoisotopic (exact) mass is 315 g/mol. The molecule has 0 amide bonds. The molecule has 7 heteroatoms. The number of aliphatic hydroxyl groups excluding tert-OH is 1. The molecule has 0 aliphatic heterocycles. The minimum atomic E-state index is -3.47. The standard InChI is InChI=1S/C14H25N3O3S/c1-12-3-5-13(6-4-12)9-16-21(19,20)14-10-15-17(11-14)7-2-8-18/h10-13,16,18H,2-9H2,1H3. The first-order chi connectivity index (χ1) is 10.0. The van der Waals surface area contributed by atoms with Crippen LogP contribution in [0.15, 0.2) is 17.3 Å². The molecule has 0 aromatic carbocycles. The predicted molar refractivity (Wildman–Crippen MR) is 80.2 cm³/mol. The lowest BCUT2D eigenvalue weighted by atomic mass is 9.83. The number of rotatable bonds is 7. The van der Waals surface area contributed by atoms with E-state index >= 15 is 0 Å². The molecule has 1 fully saturated rings. The van der Waals surface area contributed by atoms with E-state index in [-0.39, 0.29) is 11.5 Å². The van der Waals surface area contributed by atoms with Gasteiger partial charge in [-0.05, 0) is 31.1 Å². The highest BCUT2D eigenvalue weighted by molar-refractivity contribution is 7.89. The number of hydrogen-bond acceptors (Lipinski definition) is 4. The fourth-order valence-corrected chi connectivity index (χ4v) is 3.75. The molecule has 0 unspecified atom stereocenters. The Morgan fingerprint density at radius 1 is 1.38 bits per heavy atom. The first-order valence-electron chi connectivity index (χ1n) is 7.64. The van der Waals surface area contributed by atoms with Crippen molar-refractivity contribution in [3.05, 3.63) is 12.4 Å². The van der Waals surface area contributed by atoms with Gasteiger partial charge >= 0.3 is 0 Å². The molecule has 0 saturated heterocycles. The molecule has 6 nitrogen and oxygen atoms in total. The van der Waals surface area contributed by atoms with E-state index in [0.717, 1.165) is 18.8 Å². The number of nitrogens with one attached hydrogen (secondary N) is 1. The maximum Gasteiger partial charge on any atom is 0.243 e. The van der Waals surface area contributed by atoms with Crippen molar-refractivity contribution in [1.29, 1.82) is 0 Å². The van der Waals surface area contributed by atoms with Crippen LogP contribution in [-0.2, 0) is 16.6 Å². The van der Waals surface area contributed by atoms with Crippen LogP contribution in [0.25, 0.3) is 0 Å². The zero-order chi connectivity index (χ0) is 15.3. The van der Waals surface area contributed by atoms with Gasteiger partial charge in [-0.3, -0.25) is 4.68 Å². The van der Waals surface area contributed by atoms with Gasteiger partial charge in [-0.2, -0.15) is 5.10 Å². The second-order valence-electron chi connectivity index (χ2n) is 5.99. The highest BCUT2D eigenvalue weighted by Crippen LogP contribution is 2.27. The summed E-state index contributed by atoms with van der Waals surface area (Å²) in [6, 6.07) is 0. The molecule has 2 N–H and O–H groups in total. The van der Waals surface area contributed by atoms with E-state index in [4.69, 9.17) is 5.11 Å². The summed E-state index contributed by atoms with van der Waals surface area (Å²) in [6.45, 7) is 3.35. The lowest BCUT2D eigenvalue weighted by Gasteiger charge is -2.26. The highest BCUT2D eigenvalue weighted by Gasteiger charge is 2.22. The lowest BCUT2D eigenvalue weighted by Crippen LogP contribution is -2.31. The molecule has 1 aliphatic carbocycles. The van der Waals surface area contributed by atoms with Gasteiger partial charge in [0.15, 0.2) is 0 Å². The van der Waals surface area contributed by atoms with Gasteiger partial charge in [0.05, 0.1) is 6.20 Å². The summed E-state index contributed by atoms with van der Waals surface area (Å²) in [5.41, 5.74) is 0. The summed E-state index contributed by atoms with van der Waals surface area (Å²) in [5, 5.41) is 12.8. The van der Waals surface area contributed by atoms with Gasteiger partial charge in [-0.25, -0.2) is 13.1 Å². The number of sulfonamides is 1. The van der Waals surface area contributed by atoms with E-state index in [1.807, 2.05) is 0 Å².